The van der Waals surface area contributed by atoms with Gasteiger partial charge in [0, 0.05) is 6.04 Å². The highest BCUT2D eigenvalue weighted by atomic mass is 16.3. The molecule has 1 heterocycles. The number of aliphatic hydroxyl groups is 1. The number of hydrogen-bond donors (Lipinski definition) is 1. The monoisotopic (exact) mass is 247 g/mol. The Morgan fingerprint density at radius 3 is 2.61 bits per heavy atom. The van der Waals surface area contributed by atoms with Crippen LogP contribution in [-0.4, -0.2) is 29.1 Å². The largest absolute Gasteiger partial charge is 0.387 e. The molecule has 3 atom stereocenters. The van der Waals surface area contributed by atoms with Crippen LogP contribution in [0.1, 0.15) is 44.8 Å². The molecule has 0 aliphatic carbocycles. The molecule has 1 fully saturated rings. The number of likely N-dealkylation sites (tertiary alicyclic amines) is 1. The van der Waals surface area contributed by atoms with Gasteiger partial charge >= 0.3 is 0 Å². The van der Waals surface area contributed by atoms with Crippen LogP contribution in [0.4, 0.5) is 0 Å². The second-order valence-electron chi connectivity index (χ2n) is 5.67. The molecular formula is C16H25NO. The van der Waals surface area contributed by atoms with E-state index in [2.05, 4.69) is 18.7 Å². The molecule has 3 unspecified atom stereocenters. The van der Waals surface area contributed by atoms with Crippen molar-refractivity contribution in [2.75, 3.05) is 13.1 Å². The third kappa shape index (κ3) is 3.33. The highest BCUT2D eigenvalue weighted by molar-refractivity contribution is 5.18. The summed E-state index contributed by atoms with van der Waals surface area (Å²) in [6.07, 6.45) is 3.46. The number of aliphatic hydroxyl groups excluding tert-OH is 1. The Morgan fingerprint density at radius 1 is 1.17 bits per heavy atom. The van der Waals surface area contributed by atoms with E-state index < -0.39 is 0 Å². The molecule has 0 aromatic heterocycles. The summed E-state index contributed by atoms with van der Waals surface area (Å²) in [5.41, 5.74) is 1.03. The fourth-order valence-electron chi connectivity index (χ4n) is 2.82. The van der Waals surface area contributed by atoms with Crippen molar-refractivity contribution in [3.63, 3.8) is 0 Å². The van der Waals surface area contributed by atoms with Crippen LogP contribution in [0.2, 0.25) is 0 Å². The normalized spacial score (nSPS) is 25.4. The molecule has 100 valence electrons. The molecule has 0 spiro atoms. The molecule has 2 heteroatoms. The molecule has 2 rings (SSSR count). The zero-order chi connectivity index (χ0) is 13.0. The predicted molar refractivity (Wildman–Crippen MR) is 75.5 cm³/mol. The van der Waals surface area contributed by atoms with Gasteiger partial charge in [0.2, 0.25) is 0 Å². The van der Waals surface area contributed by atoms with Crippen molar-refractivity contribution in [1.29, 1.82) is 0 Å². The third-order valence-electron chi connectivity index (χ3n) is 4.23. The molecule has 18 heavy (non-hydrogen) atoms. The summed E-state index contributed by atoms with van der Waals surface area (Å²) >= 11 is 0. The molecule has 1 aromatic rings. The van der Waals surface area contributed by atoms with E-state index in [0.29, 0.717) is 0 Å². The zero-order valence-corrected chi connectivity index (χ0v) is 11.5. The lowest BCUT2D eigenvalue weighted by molar-refractivity contribution is 0.0593. The van der Waals surface area contributed by atoms with Crippen molar-refractivity contribution in [1.82, 2.24) is 4.90 Å². The number of nitrogens with zero attached hydrogens (tertiary/aromatic N) is 1. The van der Waals surface area contributed by atoms with Gasteiger partial charge < -0.3 is 5.11 Å². The quantitative estimate of drug-likeness (QED) is 0.886. The van der Waals surface area contributed by atoms with Crippen LogP contribution >= 0.6 is 0 Å². The molecular weight excluding hydrogens is 222 g/mol. The maximum Gasteiger partial charge on any atom is 0.0942 e. The molecule has 0 amide bonds. The molecule has 0 radical (unpaired) electrons. The average molecular weight is 247 g/mol. The van der Waals surface area contributed by atoms with E-state index in [4.69, 9.17) is 0 Å². The van der Waals surface area contributed by atoms with E-state index in [1.54, 1.807) is 0 Å². The van der Waals surface area contributed by atoms with Gasteiger partial charge in [-0.1, -0.05) is 37.3 Å². The minimum absolute atomic E-state index is 0.206. The lowest BCUT2D eigenvalue weighted by Crippen LogP contribution is -2.38. The van der Waals surface area contributed by atoms with Gasteiger partial charge in [0.1, 0.15) is 0 Å². The first-order chi connectivity index (χ1) is 8.68. The van der Waals surface area contributed by atoms with Crippen molar-refractivity contribution in [3.8, 4) is 0 Å². The molecule has 1 aromatic carbocycles. The first-order valence-electron chi connectivity index (χ1n) is 7.15. The minimum Gasteiger partial charge on any atom is -0.387 e. The standard InChI is InChI=1S/C16H25NO/c1-13-7-6-11-17(12-10-13)14(2)16(18)15-8-4-3-5-9-15/h3-5,8-9,13-14,16,18H,6-7,10-12H2,1-2H3. The van der Waals surface area contributed by atoms with Crippen LogP contribution in [0.3, 0.4) is 0 Å². The van der Waals surface area contributed by atoms with Gasteiger partial charge in [-0.05, 0) is 50.8 Å². The van der Waals surface area contributed by atoms with Crippen LogP contribution in [0, 0.1) is 5.92 Å². The van der Waals surface area contributed by atoms with Crippen molar-refractivity contribution in [3.05, 3.63) is 35.9 Å². The Labute approximate surface area is 111 Å². The Morgan fingerprint density at radius 2 is 1.89 bits per heavy atom. The van der Waals surface area contributed by atoms with E-state index in [1.165, 1.54) is 19.3 Å². The number of benzene rings is 1. The van der Waals surface area contributed by atoms with Crippen LogP contribution in [0.15, 0.2) is 30.3 Å². The highest BCUT2D eigenvalue weighted by Gasteiger charge is 2.24. The van der Waals surface area contributed by atoms with Crippen LogP contribution in [0.25, 0.3) is 0 Å². The van der Waals surface area contributed by atoms with Crippen LogP contribution in [-0.2, 0) is 0 Å². The van der Waals surface area contributed by atoms with Gasteiger partial charge in [0.25, 0.3) is 0 Å². The molecule has 0 bridgehead atoms. The van der Waals surface area contributed by atoms with Crippen LogP contribution in [0.5, 0.6) is 0 Å². The second-order valence-corrected chi connectivity index (χ2v) is 5.67. The number of hydrogen-bond acceptors (Lipinski definition) is 2. The number of rotatable bonds is 3. The maximum atomic E-state index is 10.5. The first-order valence-corrected chi connectivity index (χ1v) is 7.15. The Balaban J connectivity index is 1.99. The zero-order valence-electron chi connectivity index (χ0n) is 11.5. The molecule has 2 nitrogen and oxygen atoms in total. The van der Waals surface area contributed by atoms with Gasteiger partial charge in [-0.3, -0.25) is 4.90 Å². The van der Waals surface area contributed by atoms with Gasteiger partial charge in [-0.2, -0.15) is 0 Å². The predicted octanol–water partition coefficient (Wildman–Crippen LogP) is 3.23. The van der Waals surface area contributed by atoms with E-state index >= 15 is 0 Å². The maximum absolute atomic E-state index is 10.5. The van der Waals surface area contributed by atoms with Crippen molar-refractivity contribution in [2.45, 2.75) is 45.3 Å². The van der Waals surface area contributed by atoms with E-state index in [-0.39, 0.29) is 12.1 Å². The highest BCUT2D eigenvalue weighted by Crippen LogP contribution is 2.24. The lowest BCUT2D eigenvalue weighted by Gasteiger charge is -2.31. The minimum atomic E-state index is -0.375. The fourth-order valence-corrected chi connectivity index (χ4v) is 2.82. The molecule has 1 aliphatic rings. The molecule has 1 saturated heterocycles. The third-order valence-corrected chi connectivity index (χ3v) is 4.23. The fraction of sp³-hybridized carbons (Fsp3) is 0.625. The van der Waals surface area contributed by atoms with Gasteiger partial charge in [-0.15, -0.1) is 0 Å². The van der Waals surface area contributed by atoms with E-state index in [0.717, 1.165) is 24.6 Å². The topological polar surface area (TPSA) is 23.5 Å². The Kier molecular flexibility index (Phi) is 4.79. The first kappa shape index (κ1) is 13.6. The van der Waals surface area contributed by atoms with Crippen molar-refractivity contribution >= 4 is 0 Å². The summed E-state index contributed by atoms with van der Waals surface area (Å²) in [5, 5.41) is 10.5. The van der Waals surface area contributed by atoms with E-state index in [1.807, 2.05) is 30.3 Å². The molecule has 1 N–H and O–H groups in total. The summed E-state index contributed by atoms with van der Waals surface area (Å²) in [4.78, 5) is 2.45. The summed E-state index contributed by atoms with van der Waals surface area (Å²) in [7, 11) is 0. The molecule has 0 saturated carbocycles. The van der Waals surface area contributed by atoms with Gasteiger partial charge in [-0.25, -0.2) is 0 Å². The summed E-state index contributed by atoms with van der Waals surface area (Å²) in [6, 6.07) is 10.2. The Hall–Kier alpha value is -0.860. The average Bonchev–Trinajstić information content (AvgIpc) is 2.63. The summed E-state index contributed by atoms with van der Waals surface area (Å²) in [5.74, 6) is 0.830. The Bertz CT molecular complexity index is 351. The summed E-state index contributed by atoms with van der Waals surface area (Å²) in [6.45, 7) is 6.72. The van der Waals surface area contributed by atoms with Crippen molar-refractivity contribution in [2.24, 2.45) is 5.92 Å². The van der Waals surface area contributed by atoms with Gasteiger partial charge in [0.05, 0.1) is 6.10 Å². The van der Waals surface area contributed by atoms with E-state index in [9.17, 15) is 5.11 Å². The second kappa shape index (κ2) is 6.35. The smallest absolute Gasteiger partial charge is 0.0942 e. The summed E-state index contributed by atoms with van der Waals surface area (Å²) < 4.78 is 0. The lowest BCUT2D eigenvalue weighted by atomic mass is 10.0. The SMILES string of the molecule is CC1CCCN(C(C)C(O)c2ccccc2)CC1. The van der Waals surface area contributed by atoms with Crippen LogP contribution < -0.4 is 0 Å². The van der Waals surface area contributed by atoms with Crippen molar-refractivity contribution < 1.29 is 5.11 Å². The molecule has 1 aliphatic heterocycles. The van der Waals surface area contributed by atoms with Gasteiger partial charge in [0.15, 0.2) is 0 Å².